The van der Waals surface area contributed by atoms with Crippen LogP contribution in [0.4, 0.5) is 0 Å². The Bertz CT molecular complexity index is 495. The van der Waals surface area contributed by atoms with Crippen molar-refractivity contribution in [2.45, 2.75) is 20.4 Å². The monoisotopic (exact) mass is 246 g/mol. The quantitative estimate of drug-likeness (QED) is 0.844. The van der Waals surface area contributed by atoms with E-state index in [9.17, 15) is 0 Å². The molecule has 0 spiro atoms. The molecule has 1 aromatic heterocycles. The number of nitrogens with one attached hydrogen (secondary N) is 1. The third kappa shape index (κ3) is 2.87. The van der Waals surface area contributed by atoms with Gasteiger partial charge in [0.05, 0.1) is 24.2 Å². The molecular weight excluding hydrogens is 228 g/mol. The fraction of sp³-hybridized carbons (Fsp3) is 0.385. The van der Waals surface area contributed by atoms with Crippen molar-refractivity contribution in [3.8, 4) is 11.4 Å². The number of ether oxygens (including phenoxy) is 1. The topological polar surface area (TPSA) is 52.0 Å². The zero-order chi connectivity index (χ0) is 12.8. The molecule has 1 N–H and O–H groups in total. The predicted molar refractivity (Wildman–Crippen MR) is 69.9 cm³/mol. The Kier molecular flexibility index (Phi) is 4.30. The van der Waals surface area contributed by atoms with E-state index < -0.39 is 0 Å². The minimum atomic E-state index is 0.658. The maximum absolute atomic E-state index is 5.49. The summed E-state index contributed by atoms with van der Waals surface area (Å²) in [5.41, 5.74) is 2.00. The fourth-order valence-corrected chi connectivity index (χ4v) is 1.72. The van der Waals surface area contributed by atoms with Crippen LogP contribution in [-0.4, -0.2) is 28.1 Å². The molecule has 96 valence electrons. The molecular formula is C13H18N4O. The summed E-state index contributed by atoms with van der Waals surface area (Å²) in [6.45, 7) is 6.38. The summed E-state index contributed by atoms with van der Waals surface area (Å²) in [5, 5.41) is 11.3. The molecule has 2 aromatic rings. The normalized spacial score (nSPS) is 10.6. The second kappa shape index (κ2) is 6.16. The summed E-state index contributed by atoms with van der Waals surface area (Å²) in [6, 6.07) is 7.85. The number of aromatic nitrogens is 3. The van der Waals surface area contributed by atoms with Gasteiger partial charge in [0, 0.05) is 12.6 Å². The second-order valence-electron chi connectivity index (χ2n) is 3.85. The van der Waals surface area contributed by atoms with E-state index in [1.165, 1.54) is 0 Å². The van der Waals surface area contributed by atoms with E-state index in [0.717, 1.165) is 30.2 Å². The summed E-state index contributed by atoms with van der Waals surface area (Å²) in [7, 11) is 0. The third-order valence-corrected chi connectivity index (χ3v) is 2.55. The molecule has 0 unspecified atom stereocenters. The Morgan fingerprint density at radius 2 is 2.22 bits per heavy atom. The van der Waals surface area contributed by atoms with Crippen molar-refractivity contribution in [3.05, 3.63) is 36.2 Å². The van der Waals surface area contributed by atoms with Crippen molar-refractivity contribution in [2.75, 3.05) is 13.2 Å². The van der Waals surface area contributed by atoms with Gasteiger partial charge < -0.3 is 10.1 Å². The van der Waals surface area contributed by atoms with Gasteiger partial charge in [-0.05, 0) is 25.6 Å². The van der Waals surface area contributed by atoms with Crippen molar-refractivity contribution >= 4 is 0 Å². The lowest BCUT2D eigenvalue weighted by Crippen LogP contribution is -2.15. The molecule has 2 rings (SSSR count). The maximum atomic E-state index is 5.49. The van der Waals surface area contributed by atoms with Gasteiger partial charge in [-0.2, -0.15) is 0 Å². The fourth-order valence-electron chi connectivity index (χ4n) is 1.72. The van der Waals surface area contributed by atoms with Gasteiger partial charge in [0.15, 0.2) is 0 Å². The van der Waals surface area contributed by atoms with Gasteiger partial charge in [-0.3, -0.25) is 0 Å². The first-order valence-electron chi connectivity index (χ1n) is 6.18. The van der Waals surface area contributed by atoms with Crippen LogP contribution in [0.3, 0.4) is 0 Å². The van der Waals surface area contributed by atoms with E-state index in [2.05, 4.69) is 22.6 Å². The number of rotatable bonds is 6. The second-order valence-corrected chi connectivity index (χ2v) is 3.85. The van der Waals surface area contributed by atoms with Crippen LogP contribution >= 0.6 is 0 Å². The smallest absolute Gasteiger partial charge is 0.121 e. The molecule has 1 heterocycles. The number of benzene rings is 1. The minimum Gasteiger partial charge on any atom is -0.494 e. The van der Waals surface area contributed by atoms with Gasteiger partial charge >= 0.3 is 0 Å². The molecule has 0 aliphatic rings. The van der Waals surface area contributed by atoms with Crippen molar-refractivity contribution < 1.29 is 4.74 Å². The van der Waals surface area contributed by atoms with E-state index in [1.54, 1.807) is 6.20 Å². The average molecular weight is 246 g/mol. The Labute approximate surface area is 107 Å². The van der Waals surface area contributed by atoms with E-state index in [1.807, 2.05) is 35.9 Å². The maximum Gasteiger partial charge on any atom is 0.121 e. The van der Waals surface area contributed by atoms with E-state index in [0.29, 0.717) is 6.61 Å². The molecule has 0 fully saturated rings. The average Bonchev–Trinajstić information content (AvgIpc) is 2.85. The Morgan fingerprint density at radius 3 is 3.00 bits per heavy atom. The van der Waals surface area contributed by atoms with Gasteiger partial charge in [0.25, 0.3) is 0 Å². The van der Waals surface area contributed by atoms with Crippen molar-refractivity contribution in [1.29, 1.82) is 0 Å². The zero-order valence-electron chi connectivity index (χ0n) is 10.8. The van der Waals surface area contributed by atoms with Crippen molar-refractivity contribution in [3.63, 3.8) is 0 Å². The molecule has 5 heteroatoms. The molecule has 5 nitrogen and oxygen atoms in total. The molecule has 0 bridgehead atoms. The van der Waals surface area contributed by atoms with Crippen LogP contribution in [0.1, 0.15) is 19.5 Å². The first-order chi connectivity index (χ1) is 8.85. The summed E-state index contributed by atoms with van der Waals surface area (Å²) >= 11 is 0. The van der Waals surface area contributed by atoms with E-state index in [-0.39, 0.29) is 0 Å². The molecule has 18 heavy (non-hydrogen) atoms. The molecule has 0 amide bonds. The number of hydrogen-bond donors (Lipinski definition) is 1. The summed E-state index contributed by atoms with van der Waals surface area (Å²) in [5.74, 6) is 0.847. The van der Waals surface area contributed by atoms with Crippen molar-refractivity contribution in [2.24, 2.45) is 0 Å². The first kappa shape index (κ1) is 12.6. The van der Waals surface area contributed by atoms with Crippen LogP contribution in [0.2, 0.25) is 0 Å². The summed E-state index contributed by atoms with van der Waals surface area (Å²) in [6.07, 6.45) is 1.77. The lowest BCUT2D eigenvalue weighted by atomic mass is 10.3. The first-order valence-corrected chi connectivity index (χ1v) is 6.18. The van der Waals surface area contributed by atoms with Crippen LogP contribution < -0.4 is 10.1 Å². The summed E-state index contributed by atoms with van der Waals surface area (Å²) < 4.78 is 7.31. The largest absolute Gasteiger partial charge is 0.494 e. The Morgan fingerprint density at radius 1 is 1.33 bits per heavy atom. The molecule has 0 aliphatic heterocycles. The van der Waals surface area contributed by atoms with Crippen LogP contribution in [0.25, 0.3) is 5.69 Å². The van der Waals surface area contributed by atoms with Gasteiger partial charge in [0.2, 0.25) is 0 Å². The molecule has 0 saturated heterocycles. The van der Waals surface area contributed by atoms with E-state index in [4.69, 9.17) is 4.74 Å². The van der Waals surface area contributed by atoms with Crippen molar-refractivity contribution in [1.82, 2.24) is 20.3 Å². The van der Waals surface area contributed by atoms with Crippen LogP contribution in [0.5, 0.6) is 5.75 Å². The molecule has 0 aliphatic carbocycles. The van der Waals surface area contributed by atoms with Gasteiger partial charge in [-0.1, -0.05) is 18.2 Å². The molecule has 0 atom stereocenters. The highest BCUT2D eigenvalue weighted by Crippen LogP contribution is 2.17. The van der Waals surface area contributed by atoms with Gasteiger partial charge in [-0.25, -0.2) is 4.68 Å². The molecule has 1 aromatic carbocycles. The zero-order valence-corrected chi connectivity index (χ0v) is 10.8. The number of hydrogen-bond acceptors (Lipinski definition) is 4. The standard InChI is InChI=1S/C13H18N4O/c1-3-14-9-12-10-15-16-17(12)11-6-5-7-13(8-11)18-4-2/h5-8,10,14H,3-4,9H2,1-2H3. The molecule has 0 radical (unpaired) electrons. The van der Waals surface area contributed by atoms with Crippen LogP contribution in [-0.2, 0) is 6.54 Å². The summed E-state index contributed by atoms with van der Waals surface area (Å²) in [4.78, 5) is 0. The van der Waals surface area contributed by atoms with Crippen LogP contribution in [0, 0.1) is 0 Å². The lowest BCUT2D eigenvalue weighted by Gasteiger charge is -2.08. The third-order valence-electron chi connectivity index (χ3n) is 2.55. The van der Waals surface area contributed by atoms with Crippen LogP contribution in [0.15, 0.2) is 30.5 Å². The Balaban J connectivity index is 2.24. The highest BCUT2D eigenvalue weighted by molar-refractivity contribution is 5.39. The highest BCUT2D eigenvalue weighted by atomic mass is 16.5. The molecule has 0 saturated carbocycles. The SMILES string of the molecule is CCNCc1cnnn1-c1cccc(OCC)c1. The van der Waals surface area contributed by atoms with Gasteiger partial charge in [0.1, 0.15) is 5.75 Å². The lowest BCUT2D eigenvalue weighted by molar-refractivity contribution is 0.340. The van der Waals surface area contributed by atoms with E-state index >= 15 is 0 Å². The number of nitrogens with zero attached hydrogens (tertiary/aromatic N) is 3. The highest BCUT2D eigenvalue weighted by Gasteiger charge is 2.06. The Hall–Kier alpha value is -1.88. The minimum absolute atomic E-state index is 0.658. The van der Waals surface area contributed by atoms with Gasteiger partial charge in [-0.15, -0.1) is 5.10 Å². The predicted octanol–water partition coefficient (Wildman–Crippen LogP) is 1.78.